The lowest BCUT2D eigenvalue weighted by molar-refractivity contribution is -0.517. The highest BCUT2D eigenvalue weighted by Crippen LogP contribution is 2.58. The van der Waals surface area contributed by atoms with E-state index in [1.807, 2.05) is 0 Å². The Kier molecular flexibility index (Phi) is 2.10. The van der Waals surface area contributed by atoms with Gasteiger partial charge in [-0.25, -0.2) is 0 Å². The topological polar surface area (TPSA) is 66.4 Å². The molecule has 1 saturated carbocycles. The van der Waals surface area contributed by atoms with Crippen LogP contribution in [0.4, 0.5) is 0 Å². The van der Waals surface area contributed by atoms with Crippen LogP contribution < -0.4 is 0 Å². The Hall–Kier alpha value is -0.240. The zero-order chi connectivity index (χ0) is 12.7. The summed E-state index contributed by atoms with van der Waals surface area (Å²) in [5, 5.41) is 10.6. The summed E-state index contributed by atoms with van der Waals surface area (Å²) in [6.07, 6.45) is 2.05. The van der Waals surface area contributed by atoms with E-state index in [0.717, 1.165) is 25.7 Å². The van der Waals surface area contributed by atoms with Crippen molar-refractivity contribution in [2.75, 3.05) is 13.2 Å². The molecule has 1 aliphatic carbocycles. The third-order valence-corrected chi connectivity index (χ3v) is 5.40. The van der Waals surface area contributed by atoms with Gasteiger partial charge < -0.3 is 28.8 Å². The van der Waals surface area contributed by atoms with Gasteiger partial charge in [0.1, 0.15) is 35.6 Å². The van der Waals surface area contributed by atoms with Crippen LogP contribution in [-0.4, -0.2) is 60.4 Å². The van der Waals surface area contributed by atoms with Crippen molar-refractivity contribution in [3.8, 4) is 0 Å². The lowest BCUT2D eigenvalue weighted by Crippen LogP contribution is -2.84. The summed E-state index contributed by atoms with van der Waals surface area (Å²) in [5.41, 5.74) is -1.11. The van der Waals surface area contributed by atoms with Crippen molar-refractivity contribution >= 4 is 0 Å². The van der Waals surface area contributed by atoms with Crippen molar-refractivity contribution in [1.29, 1.82) is 0 Å². The van der Waals surface area contributed by atoms with Crippen molar-refractivity contribution < 1.29 is 28.8 Å². The molecule has 0 unspecified atom stereocenters. The number of ether oxygens (including phenoxy) is 5. The van der Waals surface area contributed by atoms with E-state index in [4.69, 9.17) is 23.7 Å². The van der Waals surface area contributed by atoms with Crippen LogP contribution in [0.1, 0.15) is 25.7 Å². The molecule has 1 N–H and O–H groups in total. The second-order valence-corrected chi connectivity index (χ2v) is 6.22. The third-order valence-electron chi connectivity index (χ3n) is 5.40. The molecule has 4 bridgehead atoms. The van der Waals surface area contributed by atoms with E-state index in [9.17, 15) is 5.11 Å². The summed E-state index contributed by atoms with van der Waals surface area (Å²) in [4.78, 5) is 0. The maximum absolute atomic E-state index is 10.6. The highest BCUT2D eigenvalue weighted by Gasteiger charge is 2.76. The largest absolute Gasteiger partial charge is 0.387 e. The summed E-state index contributed by atoms with van der Waals surface area (Å²) in [5.74, 6) is 0. The molecular formula is C13H18O6. The van der Waals surface area contributed by atoms with Crippen LogP contribution in [0.25, 0.3) is 0 Å². The van der Waals surface area contributed by atoms with Gasteiger partial charge in [-0.1, -0.05) is 0 Å². The summed E-state index contributed by atoms with van der Waals surface area (Å²) in [7, 11) is 0. The van der Waals surface area contributed by atoms with Gasteiger partial charge in [0.05, 0.1) is 0 Å². The SMILES string of the molecule is OC1[C@H]2OC3OC([C@]24CCCO4)[C@]2(CCCO2)[C@@H]1O3. The fourth-order valence-corrected chi connectivity index (χ4v) is 4.75. The second-order valence-electron chi connectivity index (χ2n) is 6.22. The molecule has 6 nitrogen and oxygen atoms in total. The third kappa shape index (κ3) is 1.16. The van der Waals surface area contributed by atoms with E-state index in [2.05, 4.69) is 0 Å². The van der Waals surface area contributed by atoms with Crippen molar-refractivity contribution in [1.82, 2.24) is 0 Å². The fraction of sp³-hybridized carbons (Fsp3) is 1.00. The maximum atomic E-state index is 10.6. The van der Waals surface area contributed by atoms with E-state index < -0.39 is 23.8 Å². The van der Waals surface area contributed by atoms with E-state index >= 15 is 0 Å². The molecule has 0 aromatic heterocycles. The molecule has 0 amide bonds. The van der Waals surface area contributed by atoms with E-state index in [1.54, 1.807) is 0 Å². The van der Waals surface area contributed by atoms with E-state index in [1.165, 1.54) is 0 Å². The first-order chi connectivity index (χ1) is 9.26. The predicted molar refractivity (Wildman–Crippen MR) is 60.2 cm³/mol. The summed E-state index contributed by atoms with van der Waals surface area (Å²) < 4.78 is 29.4. The quantitative estimate of drug-likeness (QED) is 0.664. The number of rotatable bonds is 0. The van der Waals surface area contributed by atoms with Gasteiger partial charge in [-0.2, -0.15) is 0 Å². The number of hydrogen-bond acceptors (Lipinski definition) is 6. The van der Waals surface area contributed by atoms with Crippen LogP contribution in [0.15, 0.2) is 0 Å². The van der Waals surface area contributed by atoms with Crippen molar-refractivity contribution in [2.45, 2.75) is 67.8 Å². The van der Waals surface area contributed by atoms with Gasteiger partial charge >= 0.3 is 0 Å². The Morgan fingerprint density at radius 2 is 1.42 bits per heavy atom. The minimum Gasteiger partial charge on any atom is -0.387 e. The molecule has 6 heteroatoms. The van der Waals surface area contributed by atoms with Crippen LogP contribution in [0.5, 0.6) is 0 Å². The minimum absolute atomic E-state index is 0.184. The van der Waals surface area contributed by atoms with Gasteiger partial charge in [-0.05, 0) is 25.7 Å². The molecule has 6 fully saturated rings. The molecule has 6 aliphatic rings. The summed E-state index contributed by atoms with van der Waals surface area (Å²) in [6.45, 7) is 0.713. The molecule has 5 heterocycles. The first-order valence-electron chi connectivity index (χ1n) is 7.19. The summed E-state index contributed by atoms with van der Waals surface area (Å²) >= 11 is 0. The molecule has 4 atom stereocenters. The van der Waals surface area contributed by atoms with Crippen LogP contribution in [0.3, 0.4) is 0 Å². The lowest BCUT2D eigenvalue weighted by atomic mass is 9.64. The average Bonchev–Trinajstić information content (AvgIpc) is 3.06. The molecule has 106 valence electrons. The molecule has 5 aliphatic heterocycles. The van der Waals surface area contributed by atoms with Crippen LogP contribution >= 0.6 is 0 Å². The number of aliphatic hydroxyl groups is 1. The van der Waals surface area contributed by atoms with Gasteiger partial charge in [0.25, 0.3) is 6.48 Å². The Morgan fingerprint density at radius 1 is 0.842 bits per heavy atom. The molecule has 2 spiro atoms. The maximum Gasteiger partial charge on any atom is 0.273 e. The van der Waals surface area contributed by atoms with Crippen LogP contribution in [0, 0.1) is 0 Å². The molecular weight excluding hydrogens is 252 g/mol. The van der Waals surface area contributed by atoms with Gasteiger partial charge in [0.15, 0.2) is 0 Å². The number of aliphatic hydroxyl groups excluding tert-OH is 1. The zero-order valence-electron chi connectivity index (χ0n) is 10.6. The predicted octanol–water partition coefficient (Wildman–Crippen LogP) is -0.0743. The first-order valence-corrected chi connectivity index (χ1v) is 7.19. The Balaban J connectivity index is 1.66. The van der Waals surface area contributed by atoms with Gasteiger partial charge in [-0.15, -0.1) is 0 Å². The number of hydrogen-bond donors (Lipinski definition) is 1. The molecule has 19 heavy (non-hydrogen) atoms. The summed E-state index contributed by atoms with van der Waals surface area (Å²) in [6, 6.07) is 0. The highest BCUT2D eigenvalue weighted by atomic mass is 16.9. The first kappa shape index (κ1) is 11.4. The van der Waals surface area contributed by atoms with Crippen molar-refractivity contribution in [2.24, 2.45) is 0 Å². The van der Waals surface area contributed by atoms with E-state index in [0.29, 0.717) is 13.2 Å². The van der Waals surface area contributed by atoms with Gasteiger partial charge in [0.2, 0.25) is 0 Å². The van der Waals surface area contributed by atoms with E-state index in [-0.39, 0.29) is 18.3 Å². The Labute approximate surface area is 110 Å². The Morgan fingerprint density at radius 3 is 1.89 bits per heavy atom. The monoisotopic (exact) mass is 270 g/mol. The molecule has 6 rings (SSSR count). The smallest absolute Gasteiger partial charge is 0.273 e. The van der Waals surface area contributed by atoms with Crippen LogP contribution in [0.2, 0.25) is 0 Å². The zero-order valence-corrected chi connectivity index (χ0v) is 10.6. The second kappa shape index (κ2) is 3.50. The highest BCUT2D eigenvalue weighted by molar-refractivity contribution is 5.23. The molecule has 0 radical (unpaired) electrons. The van der Waals surface area contributed by atoms with Crippen molar-refractivity contribution in [3.63, 3.8) is 0 Å². The average molecular weight is 270 g/mol. The Bertz CT molecular complexity index is 366. The standard InChI is InChI=1S/C13H18O6/c14-7-8-12(3-1-5-15-12)10-13(4-2-6-16-13)9(7)18-11(17-8)19-10/h7-11,14H,1-6H2/t7?,8-,9-,10?,11?,12+,13+/m1/s1. The minimum atomic E-state index is -0.701. The molecule has 0 aromatic carbocycles. The molecule has 5 saturated heterocycles. The normalized spacial score (nSPS) is 62.7. The van der Waals surface area contributed by atoms with Crippen LogP contribution in [-0.2, 0) is 23.7 Å². The van der Waals surface area contributed by atoms with Gasteiger partial charge in [-0.3, -0.25) is 0 Å². The van der Waals surface area contributed by atoms with Gasteiger partial charge in [0, 0.05) is 13.2 Å². The lowest BCUT2D eigenvalue weighted by Gasteiger charge is -2.65. The molecule has 0 aromatic rings. The van der Waals surface area contributed by atoms with Crippen molar-refractivity contribution in [3.05, 3.63) is 0 Å². The fourth-order valence-electron chi connectivity index (χ4n) is 4.75.